The van der Waals surface area contributed by atoms with E-state index in [2.05, 4.69) is 6.92 Å². The molecule has 3 nitrogen and oxygen atoms in total. The molecule has 1 unspecified atom stereocenters. The number of carboxylic acids is 1. The van der Waals surface area contributed by atoms with Gasteiger partial charge in [-0.15, -0.1) is 0 Å². The molecule has 0 heterocycles. The number of aliphatic carboxylic acids is 1. The average molecular weight is 250 g/mol. The minimum Gasteiger partial charge on any atom is -0.479 e. The van der Waals surface area contributed by atoms with Gasteiger partial charge < -0.3 is 9.84 Å². The van der Waals surface area contributed by atoms with E-state index in [9.17, 15) is 4.79 Å². The van der Waals surface area contributed by atoms with Crippen molar-refractivity contribution in [3.8, 4) is 5.75 Å². The molecular weight excluding hydrogens is 228 g/mol. The lowest BCUT2D eigenvalue weighted by molar-refractivity contribution is -0.145. The summed E-state index contributed by atoms with van der Waals surface area (Å²) in [4.78, 5) is 11.1. The highest BCUT2D eigenvalue weighted by Gasteiger charge is 2.18. The zero-order chi connectivity index (χ0) is 13.4. The molecule has 1 aromatic carbocycles. The fourth-order valence-electron chi connectivity index (χ4n) is 1.81. The molecule has 0 spiro atoms. The summed E-state index contributed by atoms with van der Waals surface area (Å²) in [6, 6.07) is 7.70. The second-order valence-corrected chi connectivity index (χ2v) is 4.48. The lowest BCUT2D eigenvalue weighted by atomic mass is 10.1. The van der Waals surface area contributed by atoms with Crippen molar-refractivity contribution in [1.82, 2.24) is 0 Å². The number of aryl methyl sites for hydroxylation is 1. The maximum atomic E-state index is 11.1. The molecule has 1 rings (SSSR count). The van der Waals surface area contributed by atoms with E-state index in [1.165, 1.54) is 5.56 Å². The van der Waals surface area contributed by atoms with Gasteiger partial charge in [0.25, 0.3) is 0 Å². The molecule has 0 saturated heterocycles. The van der Waals surface area contributed by atoms with Crippen molar-refractivity contribution in [1.29, 1.82) is 0 Å². The Hall–Kier alpha value is -1.51. The highest BCUT2D eigenvalue weighted by Crippen LogP contribution is 2.17. The van der Waals surface area contributed by atoms with Crippen molar-refractivity contribution in [2.24, 2.45) is 0 Å². The van der Waals surface area contributed by atoms with E-state index in [1.807, 2.05) is 31.2 Å². The van der Waals surface area contributed by atoms with Crippen LogP contribution < -0.4 is 4.74 Å². The largest absolute Gasteiger partial charge is 0.479 e. The van der Waals surface area contributed by atoms with E-state index >= 15 is 0 Å². The van der Waals surface area contributed by atoms with Crippen LogP contribution >= 0.6 is 0 Å². The Bertz CT molecular complexity index is 357. The average Bonchev–Trinajstić information content (AvgIpc) is 2.36. The van der Waals surface area contributed by atoms with E-state index < -0.39 is 12.1 Å². The van der Waals surface area contributed by atoms with Gasteiger partial charge in [-0.3, -0.25) is 0 Å². The topological polar surface area (TPSA) is 46.5 Å². The monoisotopic (exact) mass is 250 g/mol. The molecule has 0 aliphatic rings. The molecule has 0 radical (unpaired) electrons. The molecule has 0 aromatic heterocycles. The minimum atomic E-state index is -0.888. The third kappa shape index (κ3) is 4.78. The van der Waals surface area contributed by atoms with Crippen molar-refractivity contribution < 1.29 is 14.6 Å². The number of benzene rings is 1. The Morgan fingerprint density at radius 1 is 1.22 bits per heavy atom. The van der Waals surface area contributed by atoms with Gasteiger partial charge in [-0.1, -0.05) is 38.8 Å². The first kappa shape index (κ1) is 14.6. The summed E-state index contributed by atoms with van der Waals surface area (Å²) >= 11 is 0. The molecule has 0 bridgehead atoms. The summed E-state index contributed by atoms with van der Waals surface area (Å²) in [7, 11) is 0. The van der Waals surface area contributed by atoms with E-state index in [0.29, 0.717) is 12.2 Å². The molecule has 1 atom stereocenters. The lowest BCUT2D eigenvalue weighted by Gasteiger charge is -2.15. The summed E-state index contributed by atoms with van der Waals surface area (Å²) in [6.07, 6.45) is 3.81. The van der Waals surface area contributed by atoms with Crippen LogP contribution in [0.2, 0.25) is 0 Å². The predicted molar refractivity (Wildman–Crippen MR) is 72.0 cm³/mol. The predicted octanol–water partition coefficient (Wildman–Crippen LogP) is 3.66. The van der Waals surface area contributed by atoms with Crippen molar-refractivity contribution in [3.05, 3.63) is 29.8 Å². The number of hydrogen-bond donors (Lipinski definition) is 1. The third-order valence-corrected chi connectivity index (χ3v) is 2.84. The summed E-state index contributed by atoms with van der Waals surface area (Å²) < 4.78 is 5.51. The van der Waals surface area contributed by atoms with Crippen LogP contribution in [0.15, 0.2) is 24.3 Å². The van der Waals surface area contributed by atoms with Gasteiger partial charge in [0.15, 0.2) is 6.10 Å². The van der Waals surface area contributed by atoms with Crippen LogP contribution in [0.3, 0.4) is 0 Å². The van der Waals surface area contributed by atoms with Gasteiger partial charge in [0.1, 0.15) is 5.75 Å². The summed E-state index contributed by atoms with van der Waals surface area (Å²) in [5.74, 6) is -0.251. The van der Waals surface area contributed by atoms with Crippen LogP contribution in [0.5, 0.6) is 5.75 Å². The second kappa shape index (κ2) is 7.75. The molecule has 18 heavy (non-hydrogen) atoms. The van der Waals surface area contributed by atoms with Crippen molar-refractivity contribution in [2.45, 2.75) is 52.1 Å². The first-order valence-electron chi connectivity index (χ1n) is 6.65. The molecule has 0 aliphatic heterocycles. The van der Waals surface area contributed by atoms with Crippen LogP contribution in [0.1, 0.15) is 45.1 Å². The van der Waals surface area contributed by atoms with E-state index in [0.717, 1.165) is 25.7 Å². The normalized spacial score (nSPS) is 12.1. The lowest BCUT2D eigenvalue weighted by Crippen LogP contribution is -2.26. The zero-order valence-electron chi connectivity index (χ0n) is 11.2. The number of carbonyl (C=O) groups is 1. The number of rotatable bonds is 8. The molecular formula is C15H22O3. The minimum absolute atomic E-state index is 0.558. The summed E-state index contributed by atoms with van der Waals surface area (Å²) in [5.41, 5.74) is 1.25. The number of carboxylic acid groups (broad SMARTS) is 1. The van der Waals surface area contributed by atoms with Gasteiger partial charge in [-0.25, -0.2) is 4.79 Å². The SMILES string of the molecule is CCCCC(Oc1ccc(CCC)cc1)C(=O)O. The smallest absolute Gasteiger partial charge is 0.344 e. The molecule has 3 heteroatoms. The van der Waals surface area contributed by atoms with E-state index in [4.69, 9.17) is 9.84 Å². The van der Waals surface area contributed by atoms with Crippen molar-refractivity contribution in [3.63, 3.8) is 0 Å². The van der Waals surface area contributed by atoms with Gasteiger partial charge in [0.05, 0.1) is 0 Å². The van der Waals surface area contributed by atoms with Gasteiger partial charge in [0, 0.05) is 0 Å². The zero-order valence-corrected chi connectivity index (χ0v) is 11.2. The Kier molecular flexibility index (Phi) is 6.26. The van der Waals surface area contributed by atoms with Gasteiger partial charge >= 0.3 is 5.97 Å². The summed E-state index contributed by atoms with van der Waals surface area (Å²) in [6.45, 7) is 4.17. The molecule has 1 aromatic rings. The fourth-order valence-corrected chi connectivity index (χ4v) is 1.81. The molecule has 0 aliphatic carbocycles. The highest BCUT2D eigenvalue weighted by atomic mass is 16.5. The Labute approximate surface area is 109 Å². The third-order valence-electron chi connectivity index (χ3n) is 2.84. The highest BCUT2D eigenvalue weighted by molar-refractivity contribution is 5.72. The maximum absolute atomic E-state index is 11.1. The molecule has 100 valence electrons. The van der Waals surface area contributed by atoms with Gasteiger partial charge in [-0.2, -0.15) is 0 Å². The van der Waals surface area contributed by atoms with Gasteiger partial charge in [-0.05, 0) is 37.0 Å². The molecule has 0 amide bonds. The van der Waals surface area contributed by atoms with E-state index in [-0.39, 0.29) is 0 Å². The Morgan fingerprint density at radius 3 is 2.39 bits per heavy atom. The second-order valence-electron chi connectivity index (χ2n) is 4.48. The van der Waals surface area contributed by atoms with Crippen LogP contribution in [-0.2, 0) is 11.2 Å². The van der Waals surface area contributed by atoms with Crippen LogP contribution in [0.25, 0.3) is 0 Å². The summed E-state index contributed by atoms with van der Waals surface area (Å²) in [5, 5.41) is 9.08. The number of hydrogen-bond acceptors (Lipinski definition) is 2. The van der Waals surface area contributed by atoms with Crippen molar-refractivity contribution in [2.75, 3.05) is 0 Å². The first-order chi connectivity index (χ1) is 8.67. The number of ether oxygens (including phenoxy) is 1. The Morgan fingerprint density at radius 2 is 1.89 bits per heavy atom. The fraction of sp³-hybridized carbons (Fsp3) is 0.533. The van der Waals surface area contributed by atoms with E-state index in [1.54, 1.807) is 0 Å². The van der Waals surface area contributed by atoms with Crippen LogP contribution in [0, 0.1) is 0 Å². The first-order valence-corrected chi connectivity index (χ1v) is 6.65. The van der Waals surface area contributed by atoms with Crippen LogP contribution in [0.4, 0.5) is 0 Å². The Balaban J connectivity index is 2.60. The van der Waals surface area contributed by atoms with Crippen LogP contribution in [-0.4, -0.2) is 17.2 Å². The van der Waals surface area contributed by atoms with Crippen molar-refractivity contribution >= 4 is 5.97 Å². The quantitative estimate of drug-likeness (QED) is 0.765. The maximum Gasteiger partial charge on any atom is 0.344 e. The molecule has 0 fully saturated rings. The molecule has 1 N–H and O–H groups in total. The number of unbranched alkanes of at least 4 members (excludes halogenated alkanes) is 1. The molecule has 0 saturated carbocycles. The standard InChI is InChI=1S/C15H22O3/c1-3-5-7-14(15(16)17)18-13-10-8-12(6-4-2)9-11-13/h8-11,14H,3-7H2,1-2H3,(H,16,17). The van der Waals surface area contributed by atoms with Gasteiger partial charge in [0.2, 0.25) is 0 Å².